The Labute approximate surface area is 167 Å². The Hall–Kier alpha value is -3.37. The minimum Gasteiger partial charge on any atom is -0.478 e. The third-order valence-corrected chi connectivity index (χ3v) is 4.92. The molecule has 1 N–H and O–H groups in total. The van der Waals surface area contributed by atoms with Crippen LogP contribution in [0.4, 0.5) is 0 Å². The third kappa shape index (κ3) is 3.19. The molecule has 0 fully saturated rings. The van der Waals surface area contributed by atoms with Gasteiger partial charge in [-0.3, -0.25) is 0 Å². The van der Waals surface area contributed by atoms with E-state index in [9.17, 15) is 9.90 Å². The maximum absolute atomic E-state index is 11.2. The number of halogens is 1. The quantitative estimate of drug-likeness (QED) is 0.442. The zero-order valence-electron chi connectivity index (χ0n) is 15.0. The number of hydrogen-bond donors (Lipinski definition) is 1. The summed E-state index contributed by atoms with van der Waals surface area (Å²) in [5.74, 6) is -0.361. The Kier molecular flexibility index (Phi) is 4.72. The van der Waals surface area contributed by atoms with Gasteiger partial charge in [0.25, 0.3) is 0 Å². The summed E-state index contributed by atoms with van der Waals surface area (Å²) in [5, 5.41) is 14.1. The molecule has 5 heteroatoms. The van der Waals surface area contributed by atoms with E-state index >= 15 is 0 Å². The summed E-state index contributed by atoms with van der Waals surface area (Å²) in [5.41, 5.74) is 5.08. The summed E-state index contributed by atoms with van der Waals surface area (Å²) < 4.78 is 5.75. The average Bonchev–Trinajstić information content (AvgIpc) is 3.13. The lowest BCUT2D eigenvalue weighted by molar-refractivity contribution is 0.0697. The van der Waals surface area contributed by atoms with Gasteiger partial charge in [-0.05, 0) is 36.2 Å². The Bertz CT molecular complexity index is 1130. The lowest BCUT2D eigenvalue weighted by atomic mass is 9.94. The molecule has 138 valence electrons. The highest BCUT2D eigenvalue weighted by Crippen LogP contribution is 2.43. The molecule has 0 atom stereocenters. The van der Waals surface area contributed by atoms with Gasteiger partial charge in [-0.1, -0.05) is 71.4 Å². The van der Waals surface area contributed by atoms with Crippen LogP contribution in [0.5, 0.6) is 0 Å². The van der Waals surface area contributed by atoms with Crippen molar-refractivity contribution in [2.24, 2.45) is 0 Å². The van der Waals surface area contributed by atoms with Crippen LogP contribution in [0.1, 0.15) is 15.9 Å². The van der Waals surface area contributed by atoms with Crippen LogP contribution < -0.4 is 0 Å². The number of carboxylic acids is 1. The van der Waals surface area contributed by atoms with Crippen LogP contribution in [-0.2, 0) is 0 Å². The van der Waals surface area contributed by atoms with Crippen LogP contribution in [0.3, 0.4) is 0 Å². The topological polar surface area (TPSA) is 63.3 Å². The van der Waals surface area contributed by atoms with Gasteiger partial charge in [0, 0.05) is 11.1 Å². The zero-order valence-corrected chi connectivity index (χ0v) is 15.8. The molecule has 0 saturated heterocycles. The summed E-state index contributed by atoms with van der Waals surface area (Å²) in [7, 11) is 0. The van der Waals surface area contributed by atoms with Crippen molar-refractivity contribution in [3.63, 3.8) is 0 Å². The highest BCUT2D eigenvalue weighted by Gasteiger charge is 2.23. The van der Waals surface area contributed by atoms with E-state index in [4.69, 9.17) is 16.1 Å². The molecular formula is C23H16ClNO3. The maximum Gasteiger partial charge on any atom is 0.335 e. The maximum atomic E-state index is 11.2. The summed E-state index contributed by atoms with van der Waals surface area (Å²) in [6.45, 7) is 1.97. The zero-order chi connectivity index (χ0) is 19.7. The number of carboxylic acid groups (broad SMARTS) is 1. The molecule has 0 aliphatic rings. The van der Waals surface area contributed by atoms with Crippen LogP contribution in [0.2, 0.25) is 5.02 Å². The molecule has 1 heterocycles. The molecule has 0 amide bonds. The van der Waals surface area contributed by atoms with Crippen molar-refractivity contribution in [3.05, 3.63) is 88.9 Å². The molecule has 1 aromatic heterocycles. The highest BCUT2D eigenvalue weighted by molar-refractivity contribution is 6.33. The second-order valence-electron chi connectivity index (χ2n) is 6.42. The van der Waals surface area contributed by atoms with E-state index < -0.39 is 5.97 Å². The fourth-order valence-electron chi connectivity index (χ4n) is 3.23. The molecule has 0 aliphatic heterocycles. The Morgan fingerprint density at radius 2 is 1.61 bits per heavy atom. The fraction of sp³-hybridized carbons (Fsp3) is 0.0435. The first-order valence-electron chi connectivity index (χ1n) is 8.70. The molecule has 0 aliphatic carbocycles. The van der Waals surface area contributed by atoms with Gasteiger partial charge in [0.2, 0.25) is 0 Å². The van der Waals surface area contributed by atoms with E-state index in [-0.39, 0.29) is 5.56 Å². The number of hydrogen-bond acceptors (Lipinski definition) is 3. The largest absolute Gasteiger partial charge is 0.478 e. The van der Waals surface area contributed by atoms with Gasteiger partial charge in [-0.25, -0.2) is 4.79 Å². The molecule has 0 radical (unpaired) electrons. The van der Waals surface area contributed by atoms with Gasteiger partial charge >= 0.3 is 5.97 Å². The van der Waals surface area contributed by atoms with E-state index in [1.54, 1.807) is 24.3 Å². The number of nitrogens with zero attached hydrogens (tertiary/aromatic N) is 1. The lowest BCUT2D eigenvalue weighted by Gasteiger charge is -2.09. The summed E-state index contributed by atoms with van der Waals surface area (Å²) >= 11 is 6.49. The van der Waals surface area contributed by atoms with Crippen LogP contribution in [0.15, 0.2) is 77.3 Å². The monoisotopic (exact) mass is 389 g/mol. The van der Waals surface area contributed by atoms with Crippen molar-refractivity contribution in [3.8, 4) is 33.7 Å². The average molecular weight is 390 g/mol. The van der Waals surface area contributed by atoms with E-state index in [1.165, 1.54) is 0 Å². The van der Waals surface area contributed by atoms with Crippen molar-refractivity contribution < 1.29 is 14.4 Å². The SMILES string of the molecule is Cc1cccc(Cl)c1-c1noc(-c2ccccc2)c1-c1ccc(C(=O)O)cc1. The van der Waals surface area contributed by atoms with Crippen molar-refractivity contribution >= 4 is 17.6 Å². The second-order valence-corrected chi connectivity index (χ2v) is 6.82. The van der Waals surface area contributed by atoms with E-state index in [0.717, 1.165) is 27.8 Å². The van der Waals surface area contributed by atoms with Crippen molar-refractivity contribution in [2.75, 3.05) is 0 Å². The molecular weight excluding hydrogens is 374 g/mol. The minimum atomic E-state index is -0.970. The molecule has 28 heavy (non-hydrogen) atoms. The van der Waals surface area contributed by atoms with Gasteiger partial charge in [0.15, 0.2) is 5.76 Å². The Morgan fingerprint density at radius 1 is 0.893 bits per heavy atom. The Morgan fingerprint density at radius 3 is 2.25 bits per heavy atom. The van der Waals surface area contributed by atoms with Crippen LogP contribution in [-0.4, -0.2) is 16.2 Å². The van der Waals surface area contributed by atoms with E-state index in [0.29, 0.717) is 16.5 Å². The number of carbonyl (C=O) groups is 1. The molecule has 0 unspecified atom stereocenters. The fourth-order valence-corrected chi connectivity index (χ4v) is 3.54. The standard InChI is InChI=1S/C23H16ClNO3/c1-14-6-5-9-18(24)19(14)21-20(15-10-12-17(13-11-15)23(26)27)22(28-25-21)16-7-3-2-4-8-16/h2-13H,1H3,(H,26,27). The van der Waals surface area contributed by atoms with E-state index in [1.807, 2.05) is 55.5 Å². The van der Waals surface area contributed by atoms with Crippen molar-refractivity contribution in [1.29, 1.82) is 0 Å². The second kappa shape index (κ2) is 7.33. The lowest BCUT2D eigenvalue weighted by Crippen LogP contribution is -1.95. The molecule has 4 rings (SSSR count). The van der Waals surface area contributed by atoms with Crippen LogP contribution >= 0.6 is 11.6 Å². The van der Waals surface area contributed by atoms with Gasteiger partial charge in [-0.15, -0.1) is 0 Å². The van der Waals surface area contributed by atoms with Crippen LogP contribution in [0, 0.1) is 6.92 Å². The predicted molar refractivity (Wildman–Crippen MR) is 110 cm³/mol. The van der Waals surface area contributed by atoms with Gasteiger partial charge < -0.3 is 9.63 Å². The molecule has 4 nitrogen and oxygen atoms in total. The summed E-state index contributed by atoms with van der Waals surface area (Å²) in [6, 6.07) is 22.0. The first-order valence-corrected chi connectivity index (χ1v) is 9.08. The first-order chi connectivity index (χ1) is 13.6. The van der Waals surface area contributed by atoms with Crippen molar-refractivity contribution in [2.45, 2.75) is 6.92 Å². The van der Waals surface area contributed by atoms with Gasteiger partial charge in [0.05, 0.1) is 16.1 Å². The molecule has 4 aromatic rings. The smallest absolute Gasteiger partial charge is 0.335 e. The number of benzene rings is 3. The summed E-state index contributed by atoms with van der Waals surface area (Å²) in [6.07, 6.45) is 0. The number of aromatic carboxylic acids is 1. The molecule has 0 saturated carbocycles. The molecule has 0 spiro atoms. The normalized spacial score (nSPS) is 10.8. The Balaban J connectivity index is 1.98. The minimum absolute atomic E-state index is 0.219. The third-order valence-electron chi connectivity index (χ3n) is 4.61. The van der Waals surface area contributed by atoms with Crippen molar-refractivity contribution in [1.82, 2.24) is 5.16 Å². The van der Waals surface area contributed by atoms with Gasteiger partial charge in [-0.2, -0.15) is 0 Å². The summed E-state index contributed by atoms with van der Waals surface area (Å²) in [4.78, 5) is 11.2. The molecule has 0 bridgehead atoms. The van der Waals surface area contributed by atoms with Gasteiger partial charge in [0.1, 0.15) is 5.69 Å². The number of rotatable bonds is 4. The number of aromatic nitrogens is 1. The first kappa shape index (κ1) is 18.0. The number of aryl methyl sites for hydroxylation is 1. The van der Waals surface area contributed by atoms with Crippen LogP contribution in [0.25, 0.3) is 33.7 Å². The predicted octanol–water partition coefficient (Wildman–Crippen LogP) is 6.34. The van der Waals surface area contributed by atoms with E-state index in [2.05, 4.69) is 5.16 Å². The highest BCUT2D eigenvalue weighted by atomic mass is 35.5. The molecule has 3 aromatic carbocycles.